The lowest BCUT2D eigenvalue weighted by Crippen LogP contribution is -2.25. The molecular formula is C26H26FN5O3. The van der Waals surface area contributed by atoms with Crippen LogP contribution in [0.4, 0.5) is 4.39 Å². The highest BCUT2D eigenvalue weighted by molar-refractivity contribution is 5.95. The lowest BCUT2D eigenvalue weighted by atomic mass is 9.93. The van der Waals surface area contributed by atoms with Crippen molar-refractivity contribution >= 4 is 5.91 Å². The van der Waals surface area contributed by atoms with E-state index in [2.05, 4.69) is 20.5 Å². The molecule has 2 N–H and O–H groups in total. The van der Waals surface area contributed by atoms with Crippen molar-refractivity contribution in [3.8, 4) is 0 Å². The van der Waals surface area contributed by atoms with Crippen LogP contribution < -0.4 is 10.9 Å². The Balaban J connectivity index is 1.51. The number of hydrogen-bond acceptors (Lipinski definition) is 5. The van der Waals surface area contributed by atoms with Gasteiger partial charge in [-0.15, -0.1) is 0 Å². The number of rotatable bonds is 9. The maximum atomic E-state index is 14.1. The van der Waals surface area contributed by atoms with E-state index in [1.165, 1.54) is 18.3 Å². The van der Waals surface area contributed by atoms with E-state index < -0.39 is 11.7 Å². The minimum Gasteiger partial charge on any atom is -0.384 e. The molecule has 0 saturated heterocycles. The molecule has 9 heteroatoms. The van der Waals surface area contributed by atoms with E-state index in [9.17, 15) is 14.0 Å². The molecule has 0 fully saturated rings. The van der Waals surface area contributed by atoms with Crippen LogP contribution in [0.1, 0.15) is 44.4 Å². The molecule has 4 rings (SSSR count). The van der Waals surface area contributed by atoms with Crippen LogP contribution >= 0.6 is 0 Å². The zero-order chi connectivity index (χ0) is 24.8. The number of aromatic nitrogens is 4. The van der Waals surface area contributed by atoms with Gasteiger partial charge in [-0.25, -0.2) is 4.39 Å². The number of carbonyl (C=O) groups is 1. The van der Waals surface area contributed by atoms with Crippen LogP contribution in [-0.4, -0.2) is 39.4 Å². The Morgan fingerprint density at radius 2 is 2.03 bits per heavy atom. The quantitative estimate of drug-likeness (QED) is 0.387. The van der Waals surface area contributed by atoms with Crippen LogP contribution in [0.3, 0.4) is 0 Å². The molecule has 0 spiro atoms. The molecule has 0 aliphatic carbocycles. The molecule has 1 amide bonds. The molecule has 0 radical (unpaired) electrons. The first-order chi connectivity index (χ1) is 17.0. The number of H-pyrrole nitrogens is 1. The van der Waals surface area contributed by atoms with Crippen molar-refractivity contribution in [2.45, 2.75) is 25.9 Å². The Morgan fingerprint density at radius 1 is 1.23 bits per heavy atom. The molecule has 35 heavy (non-hydrogen) atoms. The van der Waals surface area contributed by atoms with Gasteiger partial charge in [0.1, 0.15) is 5.82 Å². The molecule has 4 aromatic rings. The van der Waals surface area contributed by atoms with Gasteiger partial charge in [0.25, 0.3) is 11.5 Å². The number of methoxy groups -OCH3 is 1. The van der Waals surface area contributed by atoms with Gasteiger partial charge in [0.2, 0.25) is 0 Å². The van der Waals surface area contributed by atoms with Gasteiger partial charge in [-0.05, 0) is 35.7 Å². The second kappa shape index (κ2) is 10.9. The summed E-state index contributed by atoms with van der Waals surface area (Å²) in [6.45, 7) is 2.46. The maximum absolute atomic E-state index is 14.1. The second-order valence-electron chi connectivity index (χ2n) is 8.22. The van der Waals surface area contributed by atoms with Gasteiger partial charge in [-0.3, -0.25) is 19.7 Å². The summed E-state index contributed by atoms with van der Waals surface area (Å²) < 4.78 is 21.1. The van der Waals surface area contributed by atoms with Crippen LogP contribution in [0.25, 0.3) is 0 Å². The number of amides is 1. The highest BCUT2D eigenvalue weighted by Gasteiger charge is 2.24. The van der Waals surface area contributed by atoms with Crippen molar-refractivity contribution < 1.29 is 13.9 Å². The normalized spacial score (nSPS) is 11.9. The lowest BCUT2D eigenvalue weighted by molar-refractivity contribution is 0.0948. The summed E-state index contributed by atoms with van der Waals surface area (Å²) in [5.41, 5.74) is 3.54. The number of nitrogens with zero attached hydrogens (tertiary/aromatic N) is 3. The number of halogens is 1. The first-order valence-corrected chi connectivity index (χ1v) is 11.1. The van der Waals surface area contributed by atoms with E-state index in [1.54, 1.807) is 37.1 Å². The van der Waals surface area contributed by atoms with Crippen molar-refractivity contribution in [1.29, 1.82) is 0 Å². The third kappa shape index (κ3) is 5.70. The summed E-state index contributed by atoms with van der Waals surface area (Å²) >= 11 is 0. The third-order valence-electron chi connectivity index (χ3n) is 5.68. The Labute approximate surface area is 201 Å². The van der Waals surface area contributed by atoms with Gasteiger partial charge in [-0.2, -0.15) is 5.10 Å². The Morgan fingerprint density at radius 3 is 2.74 bits per heavy atom. The number of hydrogen-bond donors (Lipinski definition) is 2. The molecule has 8 nitrogen and oxygen atoms in total. The fourth-order valence-corrected chi connectivity index (χ4v) is 3.84. The van der Waals surface area contributed by atoms with Crippen LogP contribution in [-0.2, 0) is 17.8 Å². The second-order valence-corrected chi connectivity index (χ2v) is 8.22. The molecule has 1 atom stereocenters. The summed E-state index contributed by atoms with van der Waals surface area (Å²) in [7, 11) is 1.58. The Kier molecular flexibility index (Phi) is 7.47. The SMILES string of the molecule is COCC(c1ccc(Cn2ccccc2=O)cc1)c1n[nH]cc1C(=O)NCc1ncc(C)cc1F. The molecule has 0 saturated carbocycles. The average Bonchev–Trinajstić information content (AvgIpc) is 3.34. The summed E-state index contributed by atoms with van der Waals surface area (Å²) in [4.78, 5) is 29.0. The van der Waals surface area contributed by atoms with E-state index in [4.69, 9.17) is 4.74 Å². The highest BCUT2D eigenvalue weighted by Crippen LogP contribution is 2.27. The van der Waals surface area contributed by atoms with Crippen LogP contribution in [0, 0.1) is 12.7 Å². The number of aromatic amines is 1. The minimum absolute atomic E-state index is 0.0436. The van der Waals surface area contributed by atoms with Crippen molar-refractivity contribution in [3.63, 3.8) is 0 Å². The predicted octanol–water partition coefficient (Wildman–Crippen LogP) is 3.17. The van der Waals surface area contributed by atoms with E-state index in [1.807, 2.05) is 30.3 Å². The molecule has 180 valence electrons. The molecule has 3 heterocycles. The molecule has 1 aromatic carbocycles. The van der Waals surface area contributed by atoms with Crippen molar-refractivity contribution in [2.24, 2.45) is 0 Å². The molecule has 1 unspecified atom stereocenters. The molecular weight excluding hydrogens is 449 g/mol. The number of carbonyl (C=O) groups excluding carboxylic acids is 1. The van der Waals surface area contributed by atoms with Gasteiger partial charge in [-0.1, -0.05) is 30.3 Å². The van der Waals surface area contributed by atoms with E-state index in [0.29, 0.717) is 30.0 Å². The van der Waals surface area contributed by atoms with Crippen molar-refractivity contribution in [3.05, 3.63) is 117 Å². The van der Waals surface area contributed by atoms with Gasteiger partial charge < -0.3 is 14.6 Å². The first-order valence-electron chi connectivity index (χ1n) is 11.1. The van der Waals surface area contributed by atoms with E-state index >= 15 is 0 Å². The number of ether oxygens (including phenoxy) is 1. The minimum atomic E-state index is -0.465. The molecule has 3 aromatic heterocycles. The number of pyridine rings is 2. The highest BCUT2D eigenvalue weighted by atomic mass is 19.1. The summed E-state index contributed by atoms with van der Waals surface area (Å²) in [5.74, 6) is -1.17. The summed E-state index contributed by atoms with van der Waals surface area (Å²) in [6, 6.07) is 14.2. The fourth-order valence-electron chi connectivity index (χ4n) is 3.84. The van der Waals surface area contributed by atoms with Crippen LogP contribution in [0.2, 0.25) is 0 Å². The predicted molar refractivity (Wildman–Crippen MR) is 129 cm³/mol. The zero-order valence-electron chi connectivity index (χ0n) is 19.5. The molecule has 0 aliphatic heterocycles. The van der Waals surface area contributed by atoms with Crippen molar-refractivity contribution in [2.75, 3.05) is 13.7 Å². The zero-order valence-corrected chi connectivity index (χ0v) is 19.5. The van der Waals surface area contributed by atoms with Gasteiger partial charge in [0, 0.05) is 31.8 Å². The average molecular weight is 476 g/mol. The van der Waals surface area contributed by atoms with Crippen molar-refractivity contribution in [1.82, 2.24) is 25.1 Å². The fraction of sp³-hybridized carbons (Fsp3) is 0.231. The lowest BCUT2D eigenvalue weighted by Gasteiger charge is -2.17. The summed E-state index contributed by atoms with van der Waals surface area (Å²) in [6.07, 6.45) is 4.82. The first kappa shape index (κ1) is 24.0. The molecule has 0 aliphatic rings. The van der Waals surface area contributed by atoms with E-state index in [-0.39, 0.29) is 23.7 Å². The number of benzene rings is 1. The largest absolute Gasteiger partial charge is 0.384 e. The Hall–Kier alpha value is -4.11. The third-order valence-corrected chi connectivity index (χ3v) is 5.68. The van der Waals surface area contributed by atoms with Gasteiger partial charge in [0.15, 0.2) is 0 Å². The van der Waals surface area contributed by atoms with Gasteiger partial charge >= 0.3 is 0 Å². The van der Waals surface area contributed by atoms with E-state index in [0.717, 1.165) is 11.1 Å². The molecule has 0 bridgehead atoms. The number of nitrogens with one attached hydrogen (secondary N) is 2. The number of aryl methyl sites for hydroxylation is 1. The Bertz CT molecular complexity index is 1360. The monoisotopic (exact) mass is 475 g/mol. The summed E-state index contributed by atoms with van der Waals surface area (Å²) in [5, 5.41) is 9.80. The van der Waals surface area contributed by atoms with Crippen LogP contribution in [0.5, 0.6) is 0 Å². The maximum Gasteiger partial charge on any atom is 0.255 e. The smallest absolute Gasteiger partial charge is 0.255 e. The van der Waals surface area contributed by atoms with Crippen LogP contribution in [0.15, 0.2) is 71.9 Å². The standard InChI is InChI=1S/C26H26FN5O3/c1-17-11-22(27)23(28-12-17)14-29-26(34)20-13-30-31-25(20)21(16-35-2)19-8-6-18(7-9-19)15-32-10-4-3-5-24(32)33/h3-13,21H,14-16H2,1-2H3,(H,29,34)(H,30,31). The van der Waals surface area contributed by atoms with Gasteiger partial charge in [0.05, 0.1) is 42.6 Å². The topological polar surface area (TPSA) is 102 Å².